The summed E-state index contributed by atoms with van der Waals surface area (Å²) in [6, 6.07) is -2.65. The van der Waals surface area contributed by atoms with E-state index in [4.69, 9.17) is 27.9 Å². The first kappa shape index (κ1) is 36.4. The molecule has 0 bridgehead atoms. The molecule has 232 valence electrons. The zero-order chi connectivity index (χ0) is 31.0. The third kappa shape index (κ3) is 12.9. The number of Topliss-reactive ketones (excluding diaryl/α,β-unsaturated/α-hetero) is 1. The topological polar surface area (TPSA) is 134 Å². The molecule has 3 atom stereocenters. The molecule has 1 aliphatic heterocycles. The number of ketones is 1. The molecule has 0 aromatic heterocycles. The van der Waals surface area contributed by atoms with Gasteiger partial charge in [-0.1, -0.05) is 31.4 Å². The van der Waals surface area contributed by atoms with Gasteiger partial charge in [0.2, 0.25) is 17.6 Å². The fourth-order valence-electron chi connectivity index (χ4n) is 5.00. The van der Waals surface area contributed by atoms with Gasteiger partial charge in [-0.05, 0) is 65.2 Å². The highest BCUT2D eigenvalue weighted by Gasteiger charge is 2.42. The van der Waals surface area contributed by atoms with Crippen molar-refractivity contribution < 1.29 is 28.7 Å². The maximum atomic E-state index is 13.8. The molecule has 0 radical (unpaired) electrons. The van der Waals surface area contributed by atoms with E-state index in [1.807, 2.05) is 0 Å². The van der Waals surface area contributed by atoms with Crippen molar-refractivity contribution in [3.63, 3.8) is 0 Å². The van der Waals surface area contributed by atoms with Crippen molar-refractivity contribution in [1.29, 1.82) is 0 Å². The molecule has 2 rings (SSSR count). The van der Waals surface area contributed by atoms with Crippen molar-refractivity contribution in [2.24, 2.45) is 5.92 Å². The minimum absolute atomic E-state index is 0.0523. The van der Waals surface area contributed by atoms with Gasteiger partial charge in [0.1, 0.15) is 17.7 Å². The van der Waals surface area contributed by atoms with Crippen LogP contribution in [0.25, 0.3) is 0 Å². The molecular weight excluding hydrogens is 571 g/mol. The van der Waals surface area contributed by atoms with Crippen molar-refractivity contribution in [1.82, 2.24) is 20.9 Å². The molecule has 0 aromatic rings. The Morgan fingerprint density at radius 3 is 2.17 bits per heavy atom. The van der Waals surface area contributed by atoms with E-state index in [1.54, 1.807) is 26.8 Å². The lowest BCUT2D eigenvalue weighted by atomic mass is 9.83. The molecule has 1 saturated heterocycles. The van der Waals surface area contributed by atoms with Crippen LogP contribution in [0.1, 0.15) is 78.6 Å². The molecule has 1 aliphatic carbocycles. The van der Waals surface area contributed by atoms with Gasteiger partial charge in [-0.25, -0.2) is 4.79 Å². The minimum Gasteiger partial charge on any atom is -0.444 e. The van der Waals surface area contributed by atoms with Crippen molar-refractivity contribution in [3.8, 4) is 0 Å². The first-order valence-corrected chi connectivity index (χ1v) is 15.2. The van der Waals surface area contributed by atoms with Gasteiger partial charge in [0, 0.05) is 13.1 Å². The van der Waals surface area contributed by atoms with Crippen molar-refractivity contribution in [3.05, 3.63) is 25.3 Å². The Bertz CT molecular complexity index is 917. The number of carbonyl (C=O) groups is 5. The largest absolute Gasteiger partial charge is 0.444 e. The quantitative estimate of drug-likeness (QED) is 0.171. The summed E-state index contributed by atoms with van der Waals surface area (Å²) >= 11 is 9.53. The van der Waals surface area contributed by atoms with Gasteiger partial charge in [-0.2, -0.15) is 0 Å². The highest BCUT2D eigenvalue weighted by atomic mass is 35.5. The minimum atomic E-state index is -1.04. The van der Waals surface area contributed by atoms with Crippen LogP contribution in [0, 0.1) is 5.92 Å². The van der Waals surface area contributed by atoms with Crippen LogP contribution in [0.5, 0.6) is 0 Å². The Morgan fingerprint density at radius 1 is 0.976 bits per heavy atom. The Balaban J connectivity index is 0.00000268. The molecule has 0 spiro atoms. The summed E-state index contributed by atoms with van der Waals surface area (Å²) in [6.45, 7) is 12.9. The molecule has 2 fully saturated rings. The summed E-state index contributed by atoms with van der Waals surface area (Å²) < 4.78 is 5.42. The van der Waals surface area contributed by atoms with Crippen LogP contribution in [-0.4, -0.2) is 76.7 Å². The monoisotopic (exact) mass is 616 g/mol. The first-order valence-electron chi connectivity index (χ1n) is 14.2. The lowest BCUT2D eigenvalue weighted by molar-refractivity contribution is -0.143. The second-order valence-electron chi connectivity index (χ2n) is 11.1. The van der Waals surface area contributed by atoms with Crippen LogP contribution >= 0.6 is 23.2 Å². The predicted molar refractivity (Wildman–Crippen MR) is 161 cm³/mol. The number of hydrogen-bond donors (Lipinski definition) is 3. The summed E-state index contributed by atoms with van der Waals surface area (Å²) in [5.74, 6) is -2.43. The standard InChI is InChI=1S/C28H44N4O6.CH2Cl2/c1-6-8-15-20(23(33)25(35)29-17-7-2)30-24(34)21-16-12-18-32(21)26(36)22(19-13-10-9-11-14-19)31-27(37)38-28(3,4)5;2-1-3/h6-7,19-22H,1-2,8-18H2,3-5H3,(H,29,35)(H,30,34)(H,31,37);1H2/t20?,21-,22?;/m0./s1. The molecule has 41 heavy (non-hydrogen) atoms. The third-order valence-corrected chi connectivity index (χ3v) is 6.82. The second-order valence-corrected chi connectivity index (χ2v) is 11.9. The summed E-state index contributed by atoms with van der Waals surface area (Å²) in [4.78, 5) is 66.3. The summed E-state index contributed by atoms with van der Waals surface area (Å²) in [6.07, 6.45) is 8.68. The van der Waals surface area contributed by atoms with E-state index < -0.39 is 47.4 Å². The highest BCUT2D eigenvalue weighted by Crippen LogP contribution is 2.29. The zero-order valence-corrected chi connectivity index (χ0v) is 26.0. The molecule has 4 amide bonds. The average Bonchev–Trinajstić information content (AvgIpc) is 3.42. The number of allylic oxidation sites excluding steroid dienone is 1. The van der Waals surface area contributed by atoms with E-state index in [9.17, 15) is 24.0 Å². The fourth-order valence-corrected chi connectivity index (χ4v) is 5.00. The number of nitrogens with zero attached hydrogens (tertiary/aromatic N) is 1. The van der Waals surface area contributed by atoms with Crippen LogP contribution in [0.3, 0.4) is 0 Å². The normalized spacial score (nSPS) is 18.6. The van der Waals surface area contributed by atoms with E-state index in [2.05, 4.69) is 29.1 Å². The zero-order valence-electron chi connectivity index (χ0n) is 24.5. The first-order chi connectivity index (χ1) is 19.4. The molecule has 12 heteroatoms. The van der Waals surface area contributed by atoms with Gasteiger partial charge in [0.05, 0.1) is 11.4 Å². The maximum absolute atomic E-state index is 13.8. The molecule has 10 nitrogen and oxygen atoms in total. The predicted octanol–water partition coefficient (Wildman–Crippen LogP) is 4.19. The van der Waals surface area contributed by atoms with Gasteiger partial charge < -0.3 is 25.6 Å². The second kappa shape index (κ2) is 18.8. The van der Waals surface area contributed by atoms with E-state index in [0.717, 1.165) is 32.1 Å². The lowest BCUT2D eigenvalue weighted by Gasteiger charge is -2.35. The summed E-state index contributed by atoms with van der Waals surface area (Å²) in [5, 5.41) is 8.13. The summed E-state index contributed by atoms with van der Waals surface area (Å²) in [7, 11) is 0. The smallest absolute Gasteiger partial charge is 0.408 e. The Hall–Kier alpha value is -2.59. The molecule has 2 unspecified atom stereocenters. The number of carbonyl (C=O) groups excluding carboxylic acids is 5. The molecule has 1 heterocycles. The number of likely N-dealkylation sites (tertiary alicyclic amines) is 1. The van der Waals surface area contributed by atoms with Gasteiger partial charge in [0.25, 0.3) is 5.91 Å². The van der Waals surface area contributed by atoms with Crippen molar-refractivity contribution >= 4 is 52.8 Å². The Morgan fingerprint density at radius 2 is 1.61 bits per heavy atom. The number of alkyl carbamates (subject to hydrolysis) is 1. The van der Waals surface area contributed by atoms with Crippen LogP contribution in [-0.2, 0) is 23.9 Å². The van der Waals surface area contributed by atoms with Crippen LogP contribution < -0.4 is 16.0 Å². The lowest BCUT2D eigenvalue weighted by Crippen LogP contribution is -2.58. The van der Waals surface area contributed by atoms with Crippen LogP contribution in [0.4, 0.5) is 4.79 Å². The van der Waals surface area contributed by atoms with E-state index in [-0.39, 0.29) is 30.1 Å². The Labute approximate surface area is 254 Å². The summed E-state index contributed by atoms with van der Waals surface area (Å²) in [5.41, 5.74) is -0.717. The number of nitrogens with one attached hydrogen (secondary N) is 3. The van der Waals surface area contributed by atoms with Gasteiger partial charge in [-0.3, -0.25) is 19.2 Å². The molecule has 3 N–H and O–H groups in total. The van der Waals surface area contributed by atoms with Gasteiger partial charge in [0.15, 0.2) is 0 Å². The van der Waals surface area contributed by atoms with E-state index >= 15 is 0 Å². The Kier molecular flexibility index (Phi) is 16.7. The van der Waals surface area contributed by atoms with Gasteiger partial charge in [-0.15, -0.1) is 36.4 Å². The SMILES string of the molecule is C=CCCC(NC(=O)[C@@H]1CCCN1C(=O)C(NC(=O)OC(C)(C)C)C1CCCCC1)C(=O)C(=O)NCC=C.ClCCl. The number of hydrogen-bond acceptors (Lipinski definition) is 6. The third-order valence-electron chi connectivity index (χ3n) is 6.82. The van der Waals surface area contributed by atoms with Crippen LogP contribution in [0.2, 0.25) is 0 Å². The molecule has 1 saturated carbocycles. The number of ether oxygens (including phenoxy) is 1. The fraction of sp³-hybridized carbons (Fsp3) is 0.690. The molecule has 2 aliphatic rings. The number of rotatable bonds is 12. The number of amides is 4. The molecular formula is C29H46Cl2N4O6. The van der Waals surface area contributed by atoms with E-state index in [1.165, 1.54) is 11.0 Å². The number of alkyl halides is 2. The number of halogens is 2. The van der Waals surface area contributed by atoms with E-state index in [0.29, 0.717) is 25.8 Å². The highest BCUT2D eigenvalue weighted by molar-refractivity contribution is 6.40. The average molecular weight is 618 g/mol. The van der Waals surface area contributed by atoms with Crippen LogP contribution in [0.15, 0.2) is 25.3 Å². The molecule has 0 aromatic carbocycles. The van der Waals surface area contributed by atoms with Crippen molar-refractivity contribution in [2.45, 2.75) is 102 Å². The van der Waals surface area contributed by atoms with Gasteiger partial charge >= 0.3 is 6.09 Å². The maximum Gasteiger partial charge on any atom is 0.408 e. The van der Waals surface area contributed by atoms with Crippen molar-refractivity contribution in [2.75, 3.05) is 18.4 Å².